The molecule has 5 heteroatoms. The van der Waals surface area contributed by atoms with Crippen molar-refractivity contribution >= 4 is 16.9 Å². The molecule has 0 saturated carbocycles. The van der Waals surface area contributed by atoms with Crippen molar-refractivity contribution in [2.75, 3.05) is 13.1 Å². The van der Waals surface area contributed by atoms with Gasteiger partial charge in [-0.3, -0.25) is 4.79 Å². The van der Waals surface area contributed by atoms with Crippen LogP contribution in [0.3, 0.4) is 0 Å². The van der Waals surface area contributed by atoms with Crippen LogP contribution in [-0.2, 0) is 6.54 Å². The predicted molar refractivity (Wildman–Crippen MR) is 101 cm³/mol. The van der Waals surface area contributed by atoms with Gasteiger partial charge in [-0.05, 0) is 30.9 Å². The lowest BCUT2D eigenvalue weighted by molar-refractivity contribution is 0.0653. The molecule has 136 valence electrons. The van der Waals surface area contributed by atoms with E-state index < -0.39 is 0 Å². The molecule has 0 N–H and O–H groups in total. The zero-order valence-electron chi connectivity index (χ0n) is 15.4. The maximum atomic E-state index is 12.8. The number of piperidine rings is 1. The van der Waals surface area contributed by atoms with Crippen LogP contribution in [0.15, 0.2) is 47.1 Å². The van der Waals surface area contributed by atoms with Gasteiger partial charge >= 0.3 is 0 Å². The minimum Gasteiger partial charge on any atom is -0.451 e. The largest absolute Gasteiger partial charge is 0.451 e. The van der Waals surface area contributed by atoms with Crippen LogP contribution in [0.1, 0.15) is 49.0 Å². The van der Waals surface area contributed by atoms with E-state index in [4.69, 9.17) is 4.42 Å². The molecule has 1 saturated heterocycles. The number of benzene rings is 1. The fraction of sp³-hybridized carbons (Fsp3) is 0.429. The van der Waals surface area contributed by atoms with Crippen LogP contribution in [0.5, 0.6) is 0 Å². The third-order valence-corrected chi connectivity index (χ3v) is 5.26. The van der Waals surface area contributed by atoms with E-state index in [0.29, 0.717) is 17.6 Å². The molecule has 1 fully saturated rings. The summed E-state index contributed by atoms with van der Waals surface area (Å²) < 4.78 is 8.00. The van der Waals surface area contributed by atoms with Gasteiger partial charge < -0.3 is 13.9 Å². The molecule has 0 bridgehead atoms. The Hall–Kier alpha value is -2.56. The molecule has 0 radical (unpaired) electrons. The van der Waals surface area contributed by atoms with E-state index in [1.807, 2.05) is 41.4 Å². The van der Waals surface area contributed by atoms with Gasteiger partial charge in [-0.25, -0.2) is 4.98 Å². The van der Waals surface area contributed by atoms with E-state index >= 15 is 0 Å². The molecular formula is C21H25N3O2. The molecule has 3 heterocycles. The van der Waals surface area contributed by atoms with E-state index in [9.17, 15) is 4.79 Å². The summed E-state index contributed by atoms with van der Waals surface area (Å²) in [5.41, 5.74) is 0.770. The van der Waals surface area contributed by atoms with Gasteiger partial charge in [0, 0.05) is 43.3 Å². The van der Waals surface area contributed by atoms with E-state index in [2.05, 4.69) is 29.6 Å². The van der Waals surface area contributed by atoms with Crippen LogP contribution in [-0.4, -0.2) is 33.4 Å². The molecule has 1 aromatic carbocycles. The van der Waals surface area contributed by atoms with Crippen molar-refractivity contribution in [2.45, 2.75) is 39.2 Å². The monoisotopic (exact) mass is 351 g/mol. The Balaban J connectivity index is 1.38. The molecule has 5 nitrogen and oxygen atoms in total. The van der Waals surface area contributed by atoms with Crippen molar-refractivity contribution in [3.8, 4) is 0 Å². The first-order chi connectivity index (χ1) is 12.6. The maximum absolute atomic E-state index is 12.8. The predicted octanol–water partition coefficient (Wildman–Crippen LogP) is 4.31. The highest BCUT2D eigenvalue weighted by atomic mass is 16.3. The molecule has 1 aliphatic rings. The number of nitrogens with zero attached hydrogens (tertiary/aromatic N) is 3. The lowest BCUT2D eigenvalue weighted by atomic mass is 9.96. The Morgan fingerprint density at radius 2 is 2.04 bits per heavy atom. The molecule has 3 aromatic rings. The Labute approximate surface area is 153 Å². The molecule has 0 spiro atoms. The third-order valence-electron chi connectivity index (χ3n) is 5.26. The van der Waals surface area contributed by atoms with E-state index in [1.54, 1.807) is 0 Å². The highest BCUT2D eigenvalue weighted by molar-refractivity contribution is 5.96. The van der Waals surface area contributed by atoms with Crippen LogP contribution >= 0.6 is 0 Å². The molecule has 1 amide bonds. The number of amides is 1. The summed E-state index contributed by atoms with van der Waals surface area (Å²) in [5.74, 6) is 2.61. The Kier molecular flexibility index (Phi) is 4.53. The first kappa shape index (κ1) is 16.9. The second-order valence-corrected chi connectivity index (χ2v) is 7.48. The molecule has 4 rings (SSSR count). The van der Waals surface area contributed by atoms with Crippen LogP contribution in [0.25, 0.3) is 11.0 Å². The summed E-state index contributed by atoms with van der Waals surface area (Å²) in [5, 5.41) is 0.979. The smallest absolute Gasteiger partial charge is 0.289 e. The Morgan fingerprint density at radius 1 is 1.27 bits per heavy atom. The van der Waals surface area contributed by atoms with Gasteiger partial charge in [0.25, 0.3) is 5.91 Å². The highest BCUT2D eigenvalue weighted by Gasteiger charge is 2.26. The number of carbonyl (C=O) groups excluding carboxylic acids is 1. The van der Waals surface area contributed by atoms with Crippen LogP contribution < -0.4 is 0 Å². The lowest BCUT2D eigenvalue weighted by Crippen LogP contribution is -2.39. The Morgan fingerprint density at radius 3 is 2.77 bits per heavy atom. The topological polar surface area (TPSA) is 51.3 Å². The third kappa shape index (κ3) is 3.26. The second-order valence-electron chi connectivity index (χ2n) is 7.48. The number of likely N-dealkylation sites (tertiary alicyclic amines) is 1. The number of imidazole rings is 1. The molecule has 26 heavy (non-hydrogen) atoms. The van der Waals surface area contributed by atoms with Gasteiger partial charge in [0.1, 0.15) is 11.4 Å². The molecule has 0 atom stereocenters. The van der Waals surface area contributed by atoms with Crippen molar-refractivity contribution in [1.29, 1.82) is 0 Å². The van der Waals surface area contributed by atoms with E-state index in [-0.39, 0.29) is 5.91 Å². The van der Waals surface area contributed by atoms with Crippen LogP contribution in [0.2, 0.25) is 0 Å². The van der Waals surface area contributed by atoms with Crippen molar-refractivity contribution in [3.63, 3.8) is 0 Å². The summed E-state index contributed by atoms with van der Waals surface area (Å²) in [6.07, 6.45) is 5.99. The number of fused-ring (bicyclic) bond motifs is 1. The maximum Gasteiger partial charge on any atom is 0.289 e. The van der Waals surface area contributed by atoms with E-state index in [0.717, 1.165) is 49.3 Å². The van der Waals surface area contributed by atoms with Crippen molar-refractivity contribution in [3.05, 3.63) is 54.3 Å². The first-order valence-electron chi connectivity index (χ1n) is 9.40. The molecular weight excluding hydrogens is 326 g/mol. The number of furan rings is 1. The van der Waals surface area contributed by atoms with E-state index in [1.165, 1.54) is 0 Å². The van der Waals surface area contributed by atoms with Gasteiger partial charge in [-0.2, -0.15) is 0 Å². The van der Waals surface area contributed by atoms with Crippen molar-refractivity contribution in [1.82, 2.24) is 14.5 Å². The standard InChI is InChI=1S/C21H25N3O2/c1-15(2)20-22-9-12-24(20)14-16-7-10-23(11-8-16)21(25)19-13-17-5-3-4-6-18(17)26-19/h3-6,9,12-13,15-16H,7-8,10-11,14H2,1-2H3. The summed E-state index contributed by atoms with van der Waals surface area (Å²) in [4.78, 5) is 19.1. The highest BCUT2D eigenvalue weighted by Crippen LogP contribution is 2.25. The van der Waals surface area contributed by atoms with Gasteiger partial charge in [0.15, 0.2) is 5.76 Å². The lowest BCUT2D eigenvalue weighted by Gasteiger charge is -2.32. The van der Waals surface area contributed by atoms with Crippen molar-refractivity contribution in [2.24, 2.45) is 5.92 Å². The fourth-order valence-electron chi connectivity index (χ4n) is 3.82. The number of hydrogen-bond donors (Lipinski definition) is 0. The normalized spacial score (nSPS) is 15.9. The number of hydrogen-bond acceptors (Lipinski definition) is 3. The summed E-state index contributed by atoms with van der Waals surface area (Å²) >= 11 is 0. The van der Waals surface area contributed by atoms with Gasteiger partial charge in [-0.15, -0.1) is 0 Å². The molecule has 1 aliphatic heterocycles. The zero-order chi connectivity index (χ0) is 18.1. The number of aromatic nitrogens is 2. The Bertz CT molecular complexity index is 868. The van der Waals surface area contributed by atoms with Crippen molar-refractivity contribution < 1.29 is 9.21 Å². The minimum atomic E-state index is 0.00477. The summed E-state index contributed by atoms with van der Waals surface area (Å²) in [6.45, 7) is 6.90. The minimum absolute atomic E-state index is 0.00477. The quantitative estimate of drug-likeness (QED) is 0.704. The molecule has 2 aromatic heterocycles. The van der Waals surface area contributed by atoms with Crippen LogP contribution in [0, 0.1) is 5.92 Å². The average Bonchev–Trinajstić information content (AvgIpc) is 3.28. The zero-order valence-corrected chi connectivity index (χ0v) is 15.4. The molecule has 0 aliphatic carbocycles. The first-order valence-corrected chi connectivity index (χ1v) is 9.40. The van der Waals surface area contributed by atoms with Gasteiger partial charge in [0.05, 0.1) is 0 Å². The fourth-order valence-corrected chi connectivity index (χ4v) is 3.82. The number of para-hydroxylation sites is 1. The summed E-state index contributed by atoms with van der Waals surface area (Å²) in [6, 6.07) is 9.60. The van der Waals surface area contributed by atoms with Gasteiger partial charge in [-0.1, -0.05) is 32.0 Å². The molecule has 0 unspecified atom stereocenters. The summed E-state index contributed by atoms with van der Waals surface area (Å²) in [7, 11) is 0. The number of carbonyl (C=O) groups is 1. The number of rotatable bonds is 4. The van der Waals surface area contributed by atoms with Gasteiger partial charge in [0.2, 0.25) is 0 Å². The average molecular weight is 351 g/mol. The van der Waals surface area contributed by atoms with Crippen LogP contribution in [0.4, 0.5) is 0 Å². The SMILES string of the molecule is CC(C)c1nccn1CC1CCN(C(=O)c2cc3ccccc3o2)CC1. The second kappa shape index (κ2) is 6.98.